The van der Waals surface area contributed by atoms with Crippen LogP contribution in [-0.2, 0) is 0 Å². The first kappa shape index (κ1) is 12.6. The van der Waals surface area contributed by atoms with E-state index in [1.807, 2.05) is 31.2 Å². The Morgan fingerprint density at radius 3 is 2.85 bits per heavy atom. The zero-order chi connectivity index (χ0) is 14.1. The SMILES string of the molecule is Cc1cc(Cl)c(O)c(C=Nc2ccc3n[nH]nc3c2)c1. The topological polar surface area (TPSA) is 74.2 Å². The minimum atomic E-state index is 0.0310. The highest BCUT2D eigenvalue weighted by molar-refractivity contribution is 6.32. The fraction of sp³-hybridized carbons (Fsp3) is 0.0714. The van der Waals surface area contributed by atoms with Gasteiger partial charge in [0, 0.05) is 11.8 Å². The lowest BCUT2D eigenvalue weighted by molar-refractivity contribution is 0.474. The largest absolute Gasteiger partial charge is 0.506 e. The molecule has 0 bridgehead atoms. The Morgan fingerprint density at radius 1 is 1.20 bits per heavy atom. The Balaban J connectivity index is 1.97. The van der Waals surface area contributed by atoms with Gasteiger partial charge in [0.15, 0.2) is 0 Å². The number of H-pyrrole nitrogens is 1. The van der Waals surface area contributed by atoms with E-state index in [4.69, 9.17) is 11.6 Å². The van der Waals surface area contributed by atoms with Gasteiger partial charge in [0.25, 0.3) is 0 Å². The molecule has 0 saturated carbocycles. The number of hydrogen-bond acceptors (Lipinski definition) is 4. The Kier molecular flexibility index (Phi) is 3.12. The summed E-state index contributed by atoms with van der Waals surface area (Å²) in [6, 6.07) is 8.99. The number of aromatic amines is 1. The third-order valence-electron chi connectivity index (χ3n) is 2.89. The van der Waals surface area contributed by atoms with Crippen LogP contribution in [0.4, 0.5) is 5.69 Å². The predicted molar refractivity (Wildman–Crippen MR) is 79.0 cm³/mol. The first-order valence-corrected chi connectivity index (χ1v) is 6.35. The van der Waals surface area contributed by atoms with Crippen molar-refractivity contribution in [2.75, 3.05) is 0 Å². The highest BCUT2D eigenvalue weighted by atomic mass is 35.5. The standard InChI is InChI=1S/C14H11ClN4O/c1-8-4-9(14(20)11(15)5-8)7-16-10-2-3-12-13(6-10)18-19-17-12/h2-7,20H,1H3,(H,17,18,19). The number of aromatic nitrogens is 3. The van der Waals surface area contributed by atoms with E-state index in [0.717, 1.165) is 22.3 Å². The molecular weight excluding hydrogens is 276 g/mol. The lowest BCUT2D eigenvalue weighted by Crippen LogP contribution is -1.85. The molecule has 0 radical (unpaired) electrons. The van der Waals surface area contributed by atoms with Crippen LogP contribution in [0.15, 0.2) is 35.3 Å². The second kappa shape index (κ2) is 4.94. The van der Waals surface area contributed by atoms with E-state index in [1.165, 1.54) is 0 Å². The van der Waals surface area contributed by atoms with Gasteiger partial charge >= 0.3 is 0 Å². The van der Waals surface area contributed by atoms with E-state index < -0.39 is 0 Å². The number of nitrogens with one attached hydrogen (secondary N) is 1. The minimum absolute atomic E-state index is 0.0310. The molecule has 1 aromatic heterocycles. The Bertz CT molecular complexity index is 810. The van der Waals surface area contributed by atoms with Crippen LogP contribution in [-0.4, -0.2) is 26.7 Å². The molecule has 5 nitrogen and oxygen atoms in total. The quantitative estimate of drug-likeness (QED) is 0.709. The molecule has 1 heterocycles. The number of aromatic hydroxyl groups is 1. The third kappa shape index (κ3) is 2.35. The first-order chi connectivity index (χ1) is 9.63. The lowest BCUT2D eigenvalue weighted by Gasteiger charge is -2.03. The molecule has 2 N–H and O–H groups in total. The van der Waals surface area contributed by atoms with Crippen molar-refractivity contribution in [2.24, 2.45) is 4.99 Å². The van der Waals surface area contributed by atoms with E-state index in [9.17, 15) is 5.11 Å². The normalized spacial score (nSPS) is 11.5. The summed E-state index contributed by atoms with van der Waals surface area (Å²) < 4.78 is 0. The third-order valence-corrected chi connectivity index (χ3v) is 3.18. The summed E-state index contributed by atoms with van der Waals surface area (Å²) in [5.74, 6) is 0.0310. The molecule has 0 spiro atoms. The molecule has 0 aliphatic rings. The number of phenols is 1. The molecule has 3 aromatic rings. The molecule has 0 fully saturated rings. The van der Waals surface area contributed by atoms with Crippen molar-refractivity contribution < 1.29 is 5.11 Å². The van der Waals surface area contributed by atoms with Crippen molar-refractivity contribution in [3.05, 3.63) is 46.5 Å². The molecular formula is C14H11ClN4O. The molecule has 0 saturated heterocycles. The summed E-state index contributed by atoms with van der Waals surface area (Å²) in [5, 5.41) is 20.7. The number of halogens is 1. The van der Waals surface area contributed by atoms with Gasteiger partial charge in [-0.15, -0.1) is 0 Å². The number of phenolic OH excluding ortho intramolecular Hbond substituents is 1. The molecule has 0 atom stereocenters. The fourth-order valence-electron chi connectivity index (χ4n) is 1.91. The second-order valence-electron chi connectivity index (χ2n) is 4.44. The molecule has 0 unspecified atom stereocenters. The van der Waals surface area contributed by atoms with E-state index >= 15 is 0 Å². The smallest absolute Gasteiger partial charge is 0.142 e. The van der Waals surface area contributed by atoms with Crippen LogP contribution in [0.5, 0.6) is 5.75 Å². The average molecular weight is 287 g/mol. The average Bonchev–Trinajstić information content (AvgIpc) is 2.88. The fourth-order valence-corrected chi connectivity index (χ4v) is 2.19. The molecule has 100 valence electrons. The number of aliphatic imine (C=N–C) groups is 1. The van der Waals surface area contributed by atoms with Crippen LogP contribution in [0.1, 0.15) is 11.1 Å². The van der Waals surface area contributed by atoms with E-state index in [2.05, 4.69) is 20.4 Å². The Morgan fingerprint density at radius 2 is 2.00 bits per heavy atom. The van der Waals surface area contributed by atoms with Gasteiger partial charge in [0.05, 0.1) is 10.7 Å². The lowest BCUT2D eigenvalue weighted by atomic mass is 10.1. The maximum Gasteiger partial charge on any atom is 0.142 e. The predicted octanol–water partition coefficient (Wildman–Crippen LogP) is 3.38. The Hall–Kier alpha value is -2.40. The summed E-state index contributed by atoms with van der Waals surface area (Å²) in [6.45, 7) is 1.91. The monoisotopic (exact) mass is 286 g/mol. The van der Waals surface area contributed by atoms with Gasteiger partial charge in [0.1, 0.15) is 16.8 Å². The zero-order valence-corrected chi connectivity index (χ0v) is 11.4. The van der Waals surface area contributed by atoms with Crippen LogP contribution in [0.3, 0.4) is 0 Å². The summed E-state index contributed by atoms with van der Waals surface area (Å²) in [7, 11) is 0. The van der Waals surface area contributed by atoms with Crippen LogP contribution in [0.25, 0.3) is 11.0 Å². The van der Waals surface area contributed by atoms with E-state index in [-0.39, 0.29) is 5.75 Å². The zero-order valence-electron chi connectivity index (χ0n) is 10.6. The number of fused-ring (bicyclic) bond motifs is 1. The van der Waals surface area contributed by atoms with Gasteiger partial charge in [-0.3, -0.25) is 4.99 Å². The van der Waals surface area contributed by atoms with Crippen LogP contribution < -0.4 is 0 Å². The molecule has 6 heteroatoms. The summed E-state index contributed by atoms with van der Waals surface area (Å²) in [5.41, 5.74) is 3.79. The van der Waals surface area contributed by atoms with Crippen LogP contribution in [0.2, 0.25) is 5.02 Å². The summed E-state index contributed by atoms with van der Waals surface area (Å²) in [4.78, 5) is 4.32. The Labute approximate surface area is 119 Å². The van der Waals surface area contributed by atoms with Gasteiger partial charge in [-0.25, -0.2) is 0 Å². The molecule has 0 amide bonds. The summed E-state index contributed by atoms with van der Waals surface area (Å²) in [6.07, 6.45) is 1.58. The maximum atomic E-state index is 9.89. The van der Waals surface area contributed by atoms with E-state index in [1.54, 1.807) is 12.3 Å². The van der Waals surface area contributed by atoms with Crippen molar-refractivity contribution in [3.63, 3.8) is 0 Å². The van der Waals surface area contributed by atoms with Gasteiger partial charge in [0.2, 0.25) is 0 Å². The van der Waals surface area contributed by atoms with Gasteiger partial charge in [-0.1, -0.05) is 11.6 Å². The number of rotatable bonds is 2. The number of aryl methyl sites for hydroxylation is 1. The summed E-state index contributed by atoms with van der Waals surface area (Å²) >= 11 is 5.93. The number of hydrogen-bond donors (Lipinski definition) is 2. The molecule has 2 aromatic carbocycles. The number of nitrogens with zero attached hydrogens (tertiary/aromatic N) is 3. The van der Waals surface area contributed by atoms with Gasteiger partial charge < -0.3 is 5.11 Å². The molecule has 0 aliphatic carbocycles. The second-order valence-corrected chi connectivity index (χ2v) is 4.85. The van der Waals surface area contributed by atoms with Crippen molar-refractivity contribution in [3.8, 4) is 5.75 Å². The molecule has 3 rings (SSSR count). The molecule has 20 heavy (non-hydrogen) atoms. The van der Waals surface area contributed by atoms with E-state index in [0.29, 0.717) is 10.6 Å². The highest BCUT2D eigenvalue weighted by Crippen LogP contribution is 2.28. The maximum absolute atomic E-state index is 9.89. The highest BCUT2D eigenvalue weighted by Gasteiger charge is 2.05. The molecule has 0 aliphatic heterocycles. The van der Waals surface area contributed by atoms with Crippen molar-refractivity contribution >= 4 is 34.5 Å². The first-order valence-electron chi connectivity index (χ1n) is 5.97. The van der Waals surface area contributed by atoms with Crippen LogP contribution >= 0.6 is 11.6 Å². The minimum Gasteiger partial charge on any atom is -0.506 e. The number of benzene rings is 2. The van der Waals surface area contributed by atoms with Gasteiger partial charge in [-0.05, 0) is 42.8 Å². The van der Waals surface area contributed by atoms with Crippen molar-refractivity contribution in [2.45, 2.75) is 6.92 Å². The van der Waals surface area contributed by atoms with Crippen LogP contribution in [0, 0.1) is 6.92 Å². The van der Waals surface area contributed by atoms with Gasteiger partial charge in [-0.2, -0.15) is 15.4 Å². The van der Waals surface area contributed by atoms with Crippen molar-refractivity contribution in [1.29, 1.82) is 0 Å². The van der Waals surface area contributed by atoms with Crippen molar-refractivity contribution in [1.82, 2.24) is 15.4 Å².